The van der Waals surface area contributed by atoms with Gasteiger partial charge in [0.1, 0.15) is 11.6 Å². The van der Waals surface area contributed by atoms with E-state index in [2.05, 4.69) is 5.32 Å². The summed E-state index contributed by atoms with van der Waals surface area (Å²) < 4.78 is 41.6. The third-order valence-corrected chi connectivity index (χ3v) is 6.83. The number of carbonyl (C=O) groups excluding carboxylic acids is 1. The molecule has 1 saturated heterocycles. The summed E-state index contributed by atoms with van der Waals surface area (Å²) >= 11 is 0. The van der Waals surface area contributed by atoms with Gasteiger partial charge < -0.3 is 9.73 Å². The van der Waals surface area contributed by atoms with Crippen molar-refractivity contribution in [2.75, 3.05) is 18.1 Å². The van der Waals surface area contributed by atoms with Gasteiger partial charge in [-0.15, -0.1) is 0 Å². The molecule has 2 atom stereocenters. The number of hydrogen-bond acceptors (Lipinski definition) is 4. The largest absolute Gasteiger partial charge is 0.469 e. The standard InChI is InChI=1S/C20H24FNO4S/c21-17-7-5-16(6-8-17)19(13-18-4-2-11-26-18)20(23)22-10-1-3-15-9-12-27(24,25)14-15/h2,4-8,11,15,19H,1,3,9-10,12-14H2,(H,22,23). The molecule has 2 unspecified atom stereocenters. The molecule has 2 heterocycles. The second kappa shape index (κ2) is 8.69. The van der Waals surface area contributed by atoms with Gasteiger partial charge in [-0.3, -0.25) is 4.79 Å². The molecular weight excluding hydrogens is 369 g/mol. The summed E-state index contributed by atoms with van der Waals surface area (Å²) in [6, 6.07) is 9.50. The maximum Gasteiger partial charge on any atom is 0.228 e. The number of rotatable bonds is 8. The van der Waals surface area contributed by atoms with Gasteiger partial charge in [-0.1, -0.05) is 12.1 Å². The van der Waals surface area contributed by atoms with Crippen LogP contribution in [0.15, 0.2) is 47.1 Å². The Labute approximate surface area is 158 Å². The quantitative estimate of drug-likeness (QED) is 0.700. The smallest absolute Gasteiger partial charge is 0.228 e. The lowest BCUT2D eigenvalue weighted by molar-refractivity contribution is -0.122. The lowest BCUT2D eigenvalue weighted by Crippen LogP contribution is -2.31. The molecule has 5 nitrogen and oxygen atoms in total. The van der Waals surface area contributed by atoms with E-state index in [9.17, 15) is 17.6 Å². The number of amides is 1. The molecule has 0 radical (unpaired) electrons. The Morgan fingerprint density at radius 2 is 2.04 bits per heavy atom. The van der Waals surface area contributed by atoms with Gasteiger partial charge in [-0.05, 0) is 55.0 Å². The minimum absolute atomic E-state index is 0.142. The number of carbonyl (C=O) groups is 1. The number of hydrogen-bond donors (Lipinski definition) is 1. The van der Waals surface area contributed by atoms with Crippen LogP contribution in [0.1, 0.15) is 36.5 Å². The van der Waals surface area contributed by atoms with E-state index >= 15 is 0 Å². The molecule has 1 aliphatic rings. The average Bonchev–Trinajstić information content (AvgIpc) is 3.26. The first-order valence-corrected chi connectivity index (χ1v) is 11.0. The monoisotopic (exact) mass is 393 g/mol. The molecular formula is C20H24FNO4S. The molecule has 0 bridgehead atoms. The van der Waals surface area contributed by atoms with Gasteiger partial charge >= 0.3 is 0 Å². The number of halogens is 1. The molecule has 1 aliphatic heterocycles. The van der Waals surface area contributed by atoms with E-state index < -0.39 is 15.8 Å². The second-order valence-electron chi connectivity index (χ2n) is 7.09. The zero-order chi connectivity index (χ0) is 19.3. The molecule has 7 heteroatoms. The lowest BCUT2D eigenvalue weighted by Gasteiger charge is -2.17. The van der Waals surface area contributed by atoms with Crippen molar-refractivity contribution in [2.24, 2.45) is 5.92 Å². The molecule has 1 N–H and O–H groups in total. The van der Waals surface area contributed by atoms with E-state index in [1.807, 2.05) is 6.07 Å². The third-order valence-electron chi connectivity index (χ3n) is 4.99. The molecule has 27 heavy (non-hydrogen) atoms. The molecule has 0 spiro atoms. The summed E-state index contributed by atoms with van der Waals surface area (Å²) in [7, 11) is -2.86. The molecule has 3 rings (SSSR count). The Kier molecular flexibility index (Phi) is 6.31. The first kappa shape index (κ1) is 19.6. The first-order valence-electron chi connectivity index (χ1n) is 9.19. The van der Waals surface area contributed by atoms with E-state index in [0.717, 1.165) is 18.4 Å². The number of sulfone groups is 1. The summed E-state index contributed by atoms with van der Waals surface area (Å²) in [4.78, 5) is 12.7. The molecule has 1 fully saturated rings. The predicted octanol–water partition coefficient (Wildman–Crippen LogP) is 3.08. The average molecular weight is 393 g/mol. The van der Waals surface area contributed by atoms with Crippen molar-refractivity contribution in [3.63, 3.8) is 0 Å². The molecule has 2 aromatic rings. The zero-order valence-corrected chi connectivity index (χ0v) is 15.9. The van der Waals surface area contributed by atoms with Crippen LogP contribution in [0.25, 0.3) is 0 Å². The summed E-state index contributed by atoms with van der Waals surface area (Å²) in [6.07, 6.45) is 4.20. The molecule has 1 amide bonds. The molecule has 1 aromatic heterocycles. The van der Waals surface area contributed by atoms with Crippen LogP contribution in [0, 0.1) is 11.7 Å². The van der Waals surface area contributed by atoms with Crippen molar-refractivity contribution in [2.45, 2.75) is 31.6 Å². The topological polar surface area (TPSA) is 76.4 Å². The fraction of sp³-hybridized carbons (Fsp3) is 0.450. The molecule has 1 aromatic carbocycles. The van der Waals surface area contributed by atoms with Crippen LogP contribution in [0.5, 0.6) is 0 Å². The van der Waals surface area contributed by atoms with Crippen LogP contribution in [0.3, 0.4) is 0 Å². The van der Waals surface area contributed by atoms with Gasteiger partial charge in [0.25, 0.3) is 0 Å². The molecule has 146 valence electrons. The highest BCUT2D eigenvalue weighted by Gasteiger charge is 2.27. The molecule has 0 saturated carbocycles. The van der Waals surface area contributed by atoms with Crippen LogP contribution in [-0.4, -0.2) is 32.4 Å². The van der Waals surface area contributed by atoms with Gasteiger partial charge in [-0.25, -0.2) is 12.8 Å². The Hall–Kier alpha value is -2.15. The van der Waals surface area contributed by atoms with Crippen LogP contribution in [-0.2, 0) is 21.1 Å². The fourth-order valence-electron chi connectivity index (χ4n) is 3.51. The predicted molar refractivity (Wildman–Crippen MR) is 101 cm³/mol. The number of nitrogens with one attached hydrogen (secondary N) is 1. The van der Waals surface area contributed by atoms with Gasteiger partial charge in [0.2, 0.25) is 5.91 Å². The fourth-order valence-corrected chi connectivity index (χ4v) is 5.42. The highest BCUT2D eigenvalue weighted by atomic mass is 32.2. The van der Waals surface area contributed by atoms with Gasteiger partial charge in [0, 0.05) is 13.0 Å². The van der Waals surface area contributed by atoms with Crippen molar-refractivity contribution in [3.05, 3.63) is 59.8 Å². The lowest BCUT2D eigenvalue weighted by atomic mass is 9.93. The maximum absolute atomic E-state index is 13.2. The van der Waals surface area contributed by atoms with E-state index in [0.29, 0.717) is 25.1 Å². The van der Waals surface area contributed by atoms with Crippen molar-refractivity contribution >= 4 is 15.7 Å². The Balaban J connectivity index is 1.55. The zero-order valence-electron chi connectivity index (χ0n) is 15.1. The third kappa shape index (κ3) is 5.66. The summed E-state index contributed by atoms with van der Waals surface area (Å²) in [5.74, 6) is 0.471. The normalized spacial score (nSPS) is 19.7. The van der Waals surface area contributed by atoms with Crippen molar-refractivity contribution in [1.29, 1.82) is 0 Å². The second-order valence-corrected chi connectivity index (χ2v) is 9.32. The van der Waals surface area contributed by atoms with Crippen LogP contribution in [0.4, 0.5) is 4.39 Å². The highest BCUT2D eigenvalue weighted by Crippen LogP contribution is 2.24. The first-order chi connectivity index (χ1) is 12.9. The van der Waals surface area contributed by atoms with Crippen molar-refractivity contribution in [3.8, 4) is 0 Å². The van der Waals surface area contributed by atoms with Crippen LogP contribution >= 0.6 is 0 Å². The van der Waals surface area contributed by atoms with Gasteiger partial charge in [0.15, 0.2) is 9.84 Å². The van der Waals surface area contributed by atoms with Crippen LogP contribution in [0.2, 0.25) is 0 Å². The SMILES string of the molecule is O=C(NCCCC1CCS(=O)(=O)C1)C(Cc1ccco1)c1ccc(F)cc1. The summed E-state index contributed by atoms with van der Waals surface area (Å²) in [6.45, 7) is 0.491. The summed E-state index contributed by atoms with van der Waals surface area (Å²) in [5, 5.41) is 2.93. The molecule has 0 aliphatic carbocycles. The Bertz CT molecular complexity index is 847. The van der Waals surface area contributed by atoms with Crippen LogP contribution < -0.4 is 5.32 Å². The van der Waals surface area contributed by atoms with Gasteiger partial charge in [0.05, 0.1) is 23.7 Å². The minimum Gasteiger partial charge on any atom is -0.469 e. The van der Waals surface area contributed by atoms with E-state index in [1.54, 1.807) is 24.5 Å². The van der Waals surface area contributed by atoms with E-state index in [1.165, 1.54) is 12.1 Å². The van der Waals surface area contributed by atoms with E-state index in [-0.39, 0.29) is 29.1 Å². The highest BCUT2D eigenvalue weighted by molar-refractivity contribution is 7.91. The Morgan fingerprint density at radius 1 is 1.26 bits per heavy atom. The summed E-state index contributed by atoms with van der Waals surface area (Å²) in [5.41, 5.74) is 0.729. The van der Waals surface area contributed by atoms with E-state index in [4.69, 9.17) is 4.42 Å². The number of benzene rings is 1. The van der Waals surface area contributed by atoms with Gasteiger partial charge in [-0.2, -0.15) is 0 Å². The number of furan rings is 1. The maximum atomic E-state index is 13.2. The van der Waals surface area contributed by atoms with Crippen molar-refractivity contribution in [1.82, 2.24) is 5.32 Å². The Morgan fingerprint density at radius 3 is 2.67 bits per heavy atom. The minimum atomic E-state index is -2.86. The van der Waals surface area contributed by atoms with Crippen molar-refractivity contribution < 1.29 is 22.0 Å².